The highest BCUT2D eigenvalue weighted by molar-refractivity contribution is 6.26. The Morgan fingerprint density at radius 3 is 1.58 bits per heavy atom. The minimum absolute atomic E-state index is 0.619. The van der Waals surface area contributed by atoms with Gasteiger partial charge in [0.05, 0.1) is 44.5 Å². The van der Waals surface area contributed by atoms with E-state index in [1.165, 1.54) is 27.4 Å². The van der Waals surface area contributed by atoms with Crippen molar-refractivity contribution in [1.82, 2.24) is 13.7 Å². The smallest absolute Gasteiger partial charge is 0.104 e. The fourth-order valence-corrected chi connectivity index (χ4v) is 8.67. The number of fused-ring (bicyclic) bond motifs is 10. The van der Waals surface area contributed by atoms with Crippen LogP contribution < -0.4 is 0 Å². The van der Waals surface area contributed by atoms with E-state index >= 15 is 0 Å². The summed E-state index contributed by atoms with van der Waals surface area (Å²) in [7, 11) is 0. The average Bonchev–Trinajstić information content (AvgIpc) is 3.86. The molecule has 0 aliphatic carbocycles. The van der Waals surface area contributed by atoms with Gasteiger partial charge in [-0.2, -0.15) is 5.26 Å². The fourth-order valence-electron chi connectivity index (χ4n) is 8.67. The van der Waals surface area contributed by atoms with Crippen LogP contribution >= 0.6 is 0 Å². The molecule has 0 spiro atoms. The Kier molecular flexibility index (Phi) is 6.28. The number of hydrogen-bond donors (Lipinski definition) is 0. The number of aromatic nitrogens is 3. The van der Waals surface area contributed by atoms with Gasteiger partial charge in [0, 0.05) is 38.0 Å². The molecule has 0 aliphatic rings. The van der Waals surface area contributed by atoms with Gasteiger partial charge < -0.3 is 13.7 Å². The molecule has 0 aliphatic heterocycles. The molecule has 4 heteroatoms. The van der Waals surface area contributed by atoms with Crippen LogP contribution in [0, 0.1) is 11.3 Å². The van der Waals surface area contributed by atoms with E-state index in [4.69, 9.17) is 0 Å². The van der Waals surface area contributed by atoms with Crippen LogP contribution in [0.4, 0.5) is 0 Å². The maximum absolute atomic E-state index is 11.2. The predicted molar refractivity (Wildman–Crippen MR) is 220 cm³/mol. The van der Waals surface area contributed by atoms with E-state index < -0.39 is 0 Å². The molecule has 8 aromatic carbocycles. The van der Waals surface area contributed by atoms with Gasteiger partial charge in [-0.15, -0.1) is 0 Å². The van der Waals surface area contributed by atoms with Gasteiger partial charge in [-0.25, -0.2) is 0 Å². The second-order valence-electron chi connectivity index (χ2n) is 13.6. The zero-order valence-corrected chi connectivity index (χ0v) is 28.6. The molecule has 3 aromatic heterocycles. The van der Waals surface area contributed by atoms with E-state index in [2.05, 4.69) is 196 Å². The van der Waals surface area contributed by atoms with Gasteiger partial charge in [-0.05, 0) is 71.8 Å². The molecule has 0 N–H and O–H groups in total. The predicted octanol–water partition coefficient (Wildman–Crippen LogP) is 12.5. The van der Waals surface area contributed by atoms with Crippen molar-refractivity contribution in [3.8, 4) is 34.3 Å². The molecule has 11 aromatic rings. The molecule has 0 unspecified atom stereocenters. The lowest BCUT2D eigenvalue weighted by atomic mass is 10.0. The Morgan fingerprint density at radius 1 is 0.358 bits per heavy atom. The van der Waals surface area contributed by atoms with Gasteiger partial charge in [0.15, 0.2) is 0 Å². The maximum Gasteiger partial charge on any atom is 0.104 e. The fraction of sp³-hybridized carbons (Fsp3) is 0. The van der Waals surface area contributed by atoms with E-state index in [1.807, 2.05) is 6.07 Å². The lowest BCUT2D eigenvalue weighted by molar-refractivity contribution is 1.12. The van der Waals surface area contributed by atoms with Crippen molar-refractivity contribution in [3.05, 3.63) is 188 Å². The van der Waals surface area contributed by atoms with Gasteiger partial charge in [-0.1, -0.05) is 121 Å². The second kappa shape index (κ2) is 11.3. The molecule has 0 atom stereocenters. The lowest BCUT2D eigenvalue weighted by Crippen LogP contribution is -2.04. The van der Waals surface area contributed by atoms with Crippen LogP contribution in [0.3, 0.4) is 0 Å². The highest BCUT2D eigenvalue weighted by Crippen LogP contribution is 2.43. The number of nitrogens with zero attached hydrogens (tertiary/aromatic N) is 4. The highest BCUT2D eigenvalue weighted by atomic mass is 15.0. The molecule has 0 fully saturated rings. The van der Waals surface area contributed by atoms with Crippen molar-refractivity contribution in [3.63, 3.8) is 0 Å². The number of rotatable bonds is 4. The molecule has 0 bridgehead atoms. The van der Waals surface area contributed by atoms with Crippen molar-refractivity contribution in [1.29, 1.82) is 5.26 Å². The summed E-state index contributed by atoms with van der Waals surface area (Å²) in [5, 5.41) is 18.2. The third-order valence-corrected chi connectivity index (χ3v) is 10.9. The third kappa shape index (κ3) is 4.16. The Balaban J connectivity index is 1.23. The summed E-state index contributed by atoms with van der Waals surface area (Å²) < 4.78 is 6.95. The first-order chi connectivity index (χ1) is 26.3. The van der Waals surface area contributed by atoms with E-state index in [9.17, 15) is 5.26 Å². The lowest BCUT2D eigenvalue weighted by Gasteiger charge is -2.16. The zero-order valence-electron chi connectivity index (χ0n) is 28.6. The first-order valence-corrected chi connectivity index (χ1v) is 17.9. The van der Waals surface area contributed by atoms with E-state index in [0.29, 0.717) is 5.56 Å². The first kappa shape index (κ1) is 29.4. The summed E-state index contributed by atoms with van der Waals surface area (Å²) in [6.45, 7) is 0. The third-order valence-electron chi connectivity index (χ3n) is 10.9. The summed E-state index contributed by atoms with van der Waals surface area (Å²) in [4.78, 5) is 0. The SMILES string of the molecule is N#Cc1c(-n2c3ccccc3c3cc(-c4ccccc4)ccc32)cccc1-n1c2ccccc2c2c1ccc1c3ccccc3n(-c3ccccc3)c12. The van der Waals surface area contributed by atoms with Gasteiger partial charge in [-0.3, -0.25) is 0 Å². The van der Waals surface area contributed by atoms with Crippen LogP contribution in [0.5, 0.6) is 0 Å². The summed E-state index contributed by atoms with van der Waals surface area (Å²) in [6.07, 6.45) is 0. The Bertz CT molecular complexity index is 3280. The average molecular weight is 675 g/mol. The number of para-hydroxylation sites is 4. The standard InChI is InChI=1S/C49H30N4/c50-31-40-44(52-42-22-11-8-19-36(42)39-30-33(26-28-46(39)52)32-14-3-1-4-15-32)24-13-25-45(40)53-43-23-12-9-20-38(43)48-47(53)29-27-37-35-18-7-10-21-41(35)51(49(37)48)34-16-5-2-6-17-34/h1-30H. The quantitative estimate of drug-likeness (QED) is 0.183. The van der Waals surface area contributed by atoms with Crippen molar-refractivity contribution in [2.45, 2.75) is 0 Å². The van der Waals surface area contributed by atoms with Crippen LogP contribution in [-0.4, -0.2) is 13.7 Å². The number of hydrogen-bond acceptors (Lipinski definition) is 1. The topological polar surface area (TPSA) is 38.6 Å². The molecule has 246 valence electrons. The number of nitriles is 1. The first-order valence-electron chi connectivity index (χ1n) is 17.9. The zero-order chi connectivity index (χ0) is 35.0. The van der Waals surface area contributed by atoms with E-state index in [0.717, 1.165) is 66.2 Å². The monoisotopic (exact) mass is 674 g/mol. The van der Waals surface area contributed by atoms with Crippen LogP contribution in [-0.2, 0) is 0 Å². The molecular formula is C49H30N4. The van der Waals surface area contributed by atoms with Gasteiger partial charge in [0.2, 0.25) is 0 Å². The minimum Gasteiger partial charge on any atom is -0.309 e. The van der Waals surface area contributed by atoms with Crippen LogP contribution in [0.1, 0.15) is 5.56 Å². The normalized spacial score (nSPS) is 11.8. The summed E-state index contributed by atoms with van der Waals surface area (Å²) in [5.74, 6) is 0. The van der Waals surface area contributed by atoms with Crippen molar-refractivity contribution in [2.75, 3.05) is 0 Å². The van der Waals surface area contributed by atoms with Crippen LogP contribution in [0.25, 0.3) is 93.6 Å². The molecule has 0 amide bonds. The Labute approximate surface area is 305 Å². The van der Waals surface area contributed by atoms with Crippen molar-refractivity contribution < 1.29 is 0 Å². The maximum atomic E-state index is 11.2. The molecule has 11 rings (SSSR count). The second-order valence-corrected chi connectivity index (χ2v) is 13.6. The van der Waals surface area contributed by atoms with Gasteiger partial charge >= 0.3 is 0 Å². The highest BCUT2D eigenvalue weighted by Gasteiger charge is 2.23. The van der Waals surface area contributed by atoms with E-state index in [-0.39, 0.29) is 0 Å². The Morgan fingerprint density at radius 2 is 0.887 bits per heavy atom. The summed E-state index contributed by atoms with van der Waals surface area (Å²) >= 11 is 0. The molecule has 0 saturated carbocycles. The van der Waals surface area contributed by atoms with Crippen LogP contribution in [0.15, 0.2) is 182 Å². The minimum atomic E-state index is 0.619. The number of benzene rings is 8. The summed E-state index contributed by atoms with van der Waals surface area (Å²) in [6, 6.07) is 67.0. The Hall–Kier alpha value is -7.35. The molecule has 0 saturated heterocycles. The largest absolute Gasteiger partial charge is 0.309 e. The summed E-state index contributed by atoms with van der Waals surface area (Å²) in [5.41, 5.74) is 12.4. The molecular weight excluding hydrogens is 645 g/mol. The van der Waals surface area contributed by atoms with E-state index in [1.54, 1.807) is 0 Å². The molecule has 3 heterocycles. The van der Waals surface area contributed by atoms with Gasteiger partial charge in [0.25, 0.3) is 0 Å². The molecule has 53 heavy (non-hydrogen) atoms. The van der Waals surface area contributed by atoms with Crippen molar-refractivity contribution >= 4 is 65.4 Å². The van der Waals surface area contributed by atoms with Crippen LogP contribution in [0.2, 0.25) is 0 Å². The molecule has 4 nitrogen and oxygen atoms in total. The molecule has 0 radical (unpaired) electrons. The van der Waals surface area contributed by atoms with Gasteiger partial charge in [0.1, 0.15) is 11.6 Å². The van der Waals surface area contributed by atoms with Crippen molar-refractivity contribution in [2.24, 2.45) is 0 Å².